The Morgan fingerprint density at radius 3 is 1.97 bits per heavy atom. The van der Waals surface area contributed by atoms with E-state index in [4.69, 9.17) is 0 Å². The standard InChI is InChI=1S/C28H24N/c1-4-8-22-9-5-10-23(17-22)24-11-6-12-25(18-24)27-15-21(2)16-28(19-27)26-13-7-14-29(3)20-26/h5-7,9-20H,1-3H3/q+1. The summed E-state index contributed by atoms with van der Waals surface area (Å²) < 4.78 is 2.09. The van der Waals surface area contributed by atoms with Crippen LogP contribution >= 0.6 is 0 Å². The van der Waals surface area contributed by atoms with Gasteiger partial charge in [0.2, 0.25) is 0 Å². The molecule has 0 aliphatic carbocycles. The van der Waals surface area contributed by atoms with Crippen LogP contribution in [0, 0.1) is 18.8 Å². The summed E-state index contributed by atoms with van der Waals surface area (Å²) in [5.74, 6) is 6.13. The third kappa shape index (κ3) is 4.28. The van der Waals surface area contributed by atoms with E-state index in [0.29, 0.717) is 0 Å². The summed E-state index contributed by atoms with van der Waals surface area (Å²) in [5, 5.41) is 0. The number of aromatic nitrogens is 1. The molecule has 0 spiro atoms. The van der Waals surface area contributed by atoms with Crippen LogP contribution < -0.4 is 4.57 Å². The van der Waals surface area contributed by atoms with Crippen molar-refractivity contribution in [3.8, 4) is 45.2 Å². The Morgan fingerprint density at radius 1 is 0.655 bits per heavy atom. The summed E-state index contributed by atoms with van der Waals surface area (Å²) in [7, 11) is 2.06. The fraction of sp³-hybridized carbons (Fsp3) is 0.107. The highest BCUT2D eigenvalue weighted by molar-refractivity contribution is 5.77. The lowest BCUT2D eigenvalue weighted by molar-refractivity contribution is -0.671. The molecule has 1 heteroatoms. The first-order valence-electron chi connectivity index (χ1n) is 9.83. The molecule has 0 aliphatic heterocycles. The molecule has 4 aromatic rings. The number of nitrogens with zero attached hydrogens (tertiary/aromatic N) is 1. The molecule has 0 amide bonds. The average molecular weight is 375 g/mol. The number of rotatable bonds is 3. The summed E-state index contributed by atoms with van der Waals surface area (Å²) in [4.78, 5) is 0. The van der Waals surface area contributed by atoms with Crippen molar-refractivity contribution in [1.82, 2.24) is 0 Å². The maximum Gasteiger partial charge on any atom is 0.176 e. The van der Waals surface area contributed by atoms with Gasteiger partial charge in [-0.05, 0) is 77.6 Å². The highest BCUT2D eigenvalue weighted by atomic mass is 14.9. The topological polar surface area (TPSA) is 3.88 Å². The van der Waals surface area contributed by atoms with Gasteiger partial charge in [-0.3, -0.25) is 0 Å². The first-order chi connectivity index (χ1) is 14.1. The molecule has 0 fully saturated rings. The molecule has 3 aromatic carbocycles. The Hall–Kier alpha value is -3.63. The summed E-state index contributed by atoms with van der Waals surface area (Å²) in [6.45, 7) is 4.03. The van der Waals surface area contributed by atoms with Crippen LogP contribution in [-0.4, -0.2) is 0 Å². The van der Waals surface area contributed by atoms with E-state index >= 15 is 0 Å². The molecule has 29 heavy (non-hydrogen) atoms. The zero-order chi connectivity index (χ0) is 20.2. The second-order valence-electron chi connectivity index (χ2n) is 7.38. The van der Waals surface area contributed by atoms with Gasteiger partial charge in [0.05, 0.1) is 0 Å². The maximum atomic E-state index is 3.15. The molecule has 1 aromatic heterocycles. The molecule has 1 nitrogen and oxygen atoms in total. The van der Waals surface area contributed by atoms with E-state index < -0.39 is 0 Å². The fourth-order valence-corrected chi connectivity index (χ4v) is 3.67. The zero-order valence-corrected chi connectivity index (χ0v) is 17.1. The van der Waals surface area contributed by atoms with Crippen LogP contribution in [0.5, 0.6) is 0 Å². The molecule has 140 valence electrons. The third-order valence-corrected chi connectivity index (χ3v) is 5.01. The summed E-state index contributed by atoms with van der Waals surface area (Å²) in [6, 6.07) is 28.2. The first kappa shape index (κ1) is 18.7. The van der Waals surface area contributed by atoms with Gasteiger partial charge in [0, 0.05) is 17.2 Å². The van der Waals surface area contributed by atoms with Crippen LogP contribution in [0.3, 0.4) is 0 Å². The molecule has 0 radical (unpaired) electrons. The van der Waals surface area contributed by atoms with Gasteiger partial charge in [-0.25, -0.2) is 4.57 Å². The van der Waals surface area contributed by atoms with Crippen LogP contribution in [-0.2, 0) is 7.05 Å². The average Bonchev–Trinajstić information content (AvgIpc) is 2.74. The van der Waals surface area contributed by atoms with Crippen LogP contribution in [0.4, 0.5) is 0 Å². The molecule has 0 saturated heterocycles. The van der Waals surface area contributed by atoms with Crippen molar-refractivity contribution in [2.75, 3.05) is 0 Å². The predicted octanol–water partition coefficient (Wildman–Crippen LogP) is 6.19. The Balaban J connectivity index is 1.77. The van der Waals surface area contributed by atoms with Gasteiger partial charge >= 0.3 is 0 Å². The van der Waals surface area contributed by atoms with Gasteiger partial charge < -0.3 is 0 Å². The second-order valence-corrected chi connectivity index (χ2v) is 7.38. The molecule has 0 N–H and O–H groups in total. The van der Waals surface area contributed by atoms with Crippen molar-refractivity contribution in [2.24, 2.45) is 7.05 Å². The molecule has 0 saturated carbocycles. The van der Waals surface area contributed by atoms with Crippen molar-refractivity contribution >= 4 is 0 Å². The van der Waals surface area contributed by atoms with E-state index in [1.54, 1.807) is 0 Å². The smallest absolute Gasteiger partial charge is 0.176 e. The van der Waals surface area contributed by atoms with Gasteiger partial charge in [0.25, 0.3) is 0 Å². The molecule has 0 bridgehead atoms. The quantitative estimate of drug-likeness (QED) is 0.297. The molecular formula is C28H24N+. The maximum absolute atomic E-state index is 3.15. The zero-order valence-electron chi connectivity index (χ0n) is 17.1. The lowest BCUT2D eigenvalue weighted by Gasteiger charge is -2.10. The van der Waals surface area contributed by atoms with Crippen LogP contribution in [0.2, 0.25) is 0 Å². The minimum Gasteiger partial charge on any atom is -0.207 e. The van der Waals surface area contributed by atoms with E-state index in [2.05, 4.69) is 122 Å². The number of pyridine rings is 1. The predicted molar refractivity (Wildman–Crippen MR) is 121 cm³/mol. The highest BCUT2D eigenvalue weighted by Crippen LogP contribution is 2.30. The number of hydrogen-bond acceptors (Lipinski definition) is 0. The minimum atomic E-state index is 1.05. The lowest BCUT2D eigenvalue weighted by atomic mass is 9.94. The van der Waals surface area contributed by atoms with E-state index in [-0.39, 0.29) is 0 Å². The van der Waals surface area contributed by atoms with E-state index in [1.165, 1.54) is 38.9 Å². The van der Waals surface area contributed by atoms with Crippen LogP contribution in [0.1, 0.15) is 18.1 Å². The highest BCUT2D eigenvalue weighted by Gasteiger charge is 2.08. The summed E-state index contributed by atoms with van der Waals surface area (Å²) in [5.41, 5.74) is 9.62. The molecule has 0 aliphatic rings. The van der Waals surface area contributed by atoms with E-state index in [0.717, 1.165) is 5.56 Å². The summed E-state index contributed by atoms with van der Waals surface area (Å²) in [6.07, 6.45) is 4.22. The molecular weight excluding hydrogens is 350 g/mol. The lowest BCUT2D eigenvalue weighted by Crippen LogP contribution is -2.26. The molecule has 0 unspecified atom stereocenters. The van der Waals surface area contributed by atoms with Crippen LogP contribution in [0.15, 0.2) is 91.3 Å². The van der Waals surface area contributed by atoms with Gasteiger partial charge in [0.1, 0.15) is 7.05 Å². The van der Waals surface area contributed by atoms with Crippen molar-refractivity contribution in [2.45, 2.75) is 13.8 Å². The van der Waals surface area contributed by atoms with E-state index in [1.807, 2.05) is 6.92 Å². The van der Waals surface area contributed by atoms with E-state index in [9.17, 15) is 0 Å². The largest absolute Gasteiger partial charge is 0.207 e. The molecule has 4 rings (SSSR count). The van der Waals surface area contributed by atoms with Gasteiger partial charge in [0.15, 0.2) is 12.4 Å². The number of benzene rings is 3. The summed E-state index contributed by atoms with van der Waals surface area (Å²) >= 11 is 0. The molecule has 1 heterocycles. The Bertz CT molecular complexity index is 1240. The number of aryl methyl sites for hydroxylation is 2. The Morgan fingerprint density at radius 2 is 1.24 bits per heavy atom. The number of hydrogen-bond donors (Lipinski definition) is 0. The normalized spacial score (nSPS) is 10.3. The van der Waals surface area contributed by atoms with Crippen molar-refractivity contribution < 1.29 is 4.57 Å². The van der Waals surface area contributed by atoms with Gasteiger partial charge in [-0.2, -0.15) is 0 Å². The second kappa shape index (κ2) is 8.17. The Labute approximate surface area is 173 Å². The Kier molecular flexibility index (Phi) is 5.27. The van der Waals surface area contributed by atoms with Crippen molar-refractivity contribution in [3.05, 3.63) is 102 Å². The monoisotopic (exact) mass is 374 g/mol. The third-order valence-electron chi connectivity index (χ3n) is 5.01. The fourth-order valence-electron chi connectivity index (χ4n) is 3.67. The van der Waals surface area contributed by atoms with Crippen LogP contribution in [0.25, 0.3) is 33.4 Å². The first-order valence-corrected chi connectivity index (χ1v) is 9.83. The minimum absolute atomic E-state index is 1.05. The van der Waals surface area contributed by atoms with Gasteiger partial charge in [-0.1, -0.05) is 48.4 Å². The molecule has 0 atom stereocenters. The van der Waals surface area contributed by atoms with Gasteiger partial charge in [-0.15, -0.1) is 5.92 Å². The SMILES string of the molecule is CC#Cc1cccc(-c2cccc(-c3cc(C)cc(-c4ccc[n+](C)c4)c3)c2)c1. The van der Waals surface area contributed by atoms with Crippen molar-refractivity contribution in [3.63, 3.8) is 0 Å². The van der Waals surface area contributed by atoms with Crippen molar-refractivity contribution in [1.29, 1.82) is 0 Å².